The lowest BCUT2D eigenvalue weighted by Crippen LogP contribution is -2.40. The van der Waals surface area contributed by atoms with Gasteiger partial charge in [0, 0.05) is 34.4 Å². The Morgan fingerprint density at radius 2 is 1.68 bits per heavy atom. The number of morpholine rings is 1. The van der Waals surface area contributed by atoms with Crippen molar-refractivity contribution in [3.63, 3.8) is 0 Å². The molecule has 11 heteroatoms. The highest BCUT2D eigenvalue weighted by Gasteiger charge is 2.34. The first-order chi connectivity index (χ1) is 17.7. The Labute approximate surface area is 222 Å². The van der Waals surface area contributed by atoms with E-state index in [4.69, 9.17) is 4.74 Å². The standard InChI is InChI=1S/C26H23BrFN3O5S/c27-19-5-10-23-22(15-19)25(17-1-6-20(28)7-2-17)31(16-24(32)29-23)26(33)18-3-8-21(9-4-18)37(34,35)30-11-13-36-14-12-30/h1-10,15,25H,11-14,16H2,(H,29,32)/t25-/m1/s1. The molecule has 5 rings (SSSR count). The molecular weight excluding hydrogens is 565 g/mol. The van der Waals surface area contributed by atoms with Crippen LogP contribution in [0.1, 0.15) is 27.5 Å². The van der Waals surface area contributed by atoms with E-state index in [9.17, 15) is 22.4 Å². The molecule has 2 heterocycles. The van der Waals surface area contributed by atoms with Crippen molar-refractivity contribution in [2.24, 2.45) is 0 Å². The molecule has 192 valence electrons. The minimum absolute atomic E-state index is 0.0731. The smallest absolute Gasteiger partial charge is 0.255 e. The maximum Gasteiger partial charge on any atom is 0.255 e. The number of benzene rings is 3. The number of hydrogen-bond donors (Lipinski definition) is 1. The van der Waals surface area contributed by atoms with Crippen molar-refractivity contribution in [2.45, 2.75) is 10.9 Å². The molecule has 0 aliphatic carbocycles. The van der Waals surface area contributed by atoms with Crippen LogP contribution in [-0.2, 0) is 19.6 Å². The molecule has 0 unspecified atom stereocenters. The van der Waals surface area contributed by atoms with Gasteiger partial charge >= 0.3 is 0 Å². The number of carbonyl (C=O) groups is 2. The number of hydrogen-bond acceptors (Lipinski definition) is 5. The van der Waals surface area contributed by atoms with E-state index in [1.165, 1.54) is 45.6 Å². The molecule has 1 fully saturated rings. The van der Waals surface area contributed by atoms with Gasteiger partial charge in [0.2, 0.25) is 15.9 Å². The summed E-state index contributed by atoms with van der Waals surface area (Å²) >= 11 is 3.46. The number of anilines is 1. The Balaban J connectivity index is 1.53. The van der Waals surface area contributed by atoms with Crippen molar-refractivity contribution in [3.05, 3.63) is 93.7 Å². The predicted molar refractivity (Wildman–Crippen MR) is 138 cm³/mol. The van der Waals surface area contributed by atoms with Crippen molar-refractivity contribution in [2.75, 3.05) is 38.2 Å². The van der Waals surface area contributed by atoms with Crippen LogP contribution in [0.5, 0.6) is 0 Å². The number of nitrogens with one attached hydrogen (secondary N) is 1. The molecule has 3 aromatic carbocycles. The zero-order valence-electron chi connectivity index (χ0n) is 19.6. The molecule has 0 radical (unpaired) electrons. The van der Waals surface area contributed by atoms with Gasteiger partial charge in [-0.2, -0.15) is 4.31 Å². The maximum absolute atomic E-state index is 13.8. The predicted octanol–water partition coefficient (Wildman–Crippen LogP) is 3.79. The van der Waals surface area contributed by atoms with Gasteiger partial charge in [0.05, 0.1) is 24.2 Å². The average molecular weight is 588 g/mol. The van der Waals surface area contributed by atoms with Gasteiger partial charge < -0.3 is 15.0 Å². The molecule has 1 atom stereocenters. The van der Waals surface area contributed by atoms with Crippen LogP contribution in [0, 0.1) is 5.82 Å². The first-order valence-electron chi connectivity index (χ1n) is 11.6. The van der Waals surface area contributed by atoms with Crippen LogP contribution < -0.4 is 5.32 Å². The molecule has 0 saturated carbocycles. The molecule has 0 spiro atoms. The molecule has 1 saturated heterocycles. The SMILES string of the molecule is O=C1CN(C(=O)c2ccc(S(=O)(=O)N3CCOCC3)cc2)[C@H](c2ccc(F)cc2)c2cc(Br)ccc2N1. The lowest BCUT2D eigenvalue weighted by atomic mass is 9.95. The fraction of sp³-hybridized carbons (Fsp3) is 0.231. The molecule has 0 aromatic heterocycles. The lowest BCUT2D eigenvalue weighted by Gasteiger charge is -2.31. The summed E-state index contributed by atoms with van der Waals surface area (Å²) in [5.41, 5.74) is 2.05. The highest BCUT2D eigenvalue weighted by molar-refractivity contribution is 9.10. The molecule has 3 aromatic rings. The third-order valence-electron chi connectivity index (χ3n) is 6.36. The van der Waals surface area contributed by atoms with Crippen molar-refractivity contribution in [1.29, 1.82) is 0 Å². The summed E-state index contributed by atoms with van der Waals surface area (Å²) in [5, 5.41) is 2.84. The first kappa shape index (κ1) is 25.5. The number of ether oxygens (including phenoxy) is 1. The lowest BCUT2D eigenvalue weighted by molar-refractivity contribution is -0.117. The van der Waals surface area contributed by atoms with Gasteiger partial charge in [-0.3, -0.25) is 9.59 Å². The van der Waals surface area contributed by atoms with Crippen molar-refractivity contribution in [1.82, 2.24) is 9.21 Å². The highest BCUT2D eigenvalue weighted by atomic mass is 79.9. The van der Waals surface area contributed by atoms with E-state index in [-0.39, 0.29) is 36.0 Å². The Bertz CT molecular complexity index is 1440. The van der Waals surface area contributed by atoms with Gasteiger partial charge in [0.1, 0.15) is 12.4 Å². The number of carbonyl (C=O) groups excluding carboxylic acids is 2. The average Bonchev–Trinajstić information content (AvgIpc) is 3.05. The quantitative estimate of drug-likeness (QED) is 0.501. The minimum Gasteiger partial charge on any atom is -0.379 e. The van der Waals surface area contributed by atoms with Crippen LogP contribution in [-0.4, -0.2) is 62.3 Å². The third kappa shape index (κ3) is 5.17. The molecule has 0 bridgehead atoms. The van der Waals surface area contributed by atoms with Gasteiger partial charge in [-0.05, 0) is 60.2 Å². The number of amides is 2. The number of halogens is 2. The topological polar surface area (TPSA) is 96.0 Å². The monoisotopic (exact) mass is 587 g/mol. The zero-order valence-corrected chi connectivity index (χ0v) is 22.0. The number of fused-ring (bicyclic) bond motifs is 1. The van der Waals surface area contributed by atoms with Crippen LogP contribution >= 0.6 is 15.9 Å². The van der Waals surface area contributed by atoms with E-state index in [0.717, 1.165) is 4.47 Å². The Morgan fingerprint density at radius 3 is 2.35 bits per heavy atom. The van der Waals surface area contributed by atoms with Crippen molar-refractivity contribution >= 4 is 43.5 Å². The van der Waals surface area contributed by atoms with Crippen molar-refractivity contribution < 1.29 is 27.1 Å². The molecule has 1 N–H and O–H groups in total. The van der Waals surface area contributed by atoms with Gasteiger partial charge in [-0.15, -0.1) is 0 Å². The summed E-state index contributed by atoms with van der Waals surface area (Å²) in [6.45, 7) is 0.936. The summed E-state index contributed by atoms with van der Waals surface area (Å²) in [4.78, 5) is 28.1. The van der Waals surface area contributed by atoms with E-state index in [2.05, 4.69) is 21.2 Å². The Hall–Kier alpha value is -3.12. The zero-order chi connectivity index (χ0) is 26.2. The van der Waals surface area contributed by atoms with Crippen LogP contribution in [0.4, 0.5) is 10.1 Å². The molecular formula is C26H23BrFN3O5S. The fourth-order valence-corrected chi connectivity index (χ4v) is 6.33. The second-order valence-corrected chi connectivity index (χ2v) is 11.6. The second kappa shape index (κ2) is 10.3. The van der Waals surface area contributed by atoms with E-state index in [1.54, 1.807) is 24.3 Å². The van der Waals surface area contributed by atoms with Crippen LogP contribution in [0.3, 0.4) is 0 Å². The third-order valence-corrected chi connectivity index (χ3v) is 8.77. The van der Waals surface area contributed by atoms with Gasteiger partial charge in [-0.1, -0.05) is 28.1 Å². The number of sulfonamides is 1. The summed E-state index contributed by atoms with van der Waals surface area (Å²) in [6, 6.07) is 16.1. The summed E-state index contributed by atoms with van der Waals surface area (Å²) in [5.74, 6) is -1.27. The Morgan fingerprint density at radius 1 is 1.00 bits per heavy atom. The van der Waals surface area contributed by atoms with E-state index >= 15 is 0 Å². The first-order valence-corrected chi connectivity index (χ1v) is 13.8. The molecule has 37 heavy (non-hydrogen) atoms. The van der Waals surface area contributed by atoms with Crippen LogP contribution in [0.2, 0.25) is 0 Å². The number of rotatable bonds is 4. The molecule has 2 amide bonds. The van der Waals surface area contributed by atoms with E-state index < -0.39 is 27.8 Å². The normalized spacial score (nSPS) is 18.6. The maximum atomic E-state index is 13.8. The Kier molecular flexibility index (Phi) is 7.13. The second-order valence-electron chi connectivity index (χ2n) is 8.71. The summed E-state index contributed by atoms with van der Waals surface area (Å²) in [7, 11) is -3.72. The summed E-state index contributed by atoms with van der Waals surface area (Å²) < 4.78 is 47.0. The fourth-order valence-electron chi connectivity index (χ4n) is 4.54. The molecule has 2 aliphatic rings. The highest BCUT2D eigenvalue weighted by Crippen LogP contribution is 2.38. The largest absolute Gasteiger partial charge is 0.379 e. The number of nitrogens with zero attached hydrogens (tertiary/aromatic N) is 2. The van der Waals surface area contributed by atoms with Gasteiger partial charge in [-0.25, -0.2) is 12.8 Å². The summed E-state index contributed by atoms with van der Waals surface area (Å²) in [6.07, 6.45) is 0. The van der Waals surface area contributed by atoms with E-state index in [0.29, 0.717) is 30.0 Å². The van der Waals surface area contributed by atoms with E-state index in [1.807, 2.05) is 6.07 Å². The molecule has 2 aliphatic heterocycles. The van der Waals surface area contributed by atoms with Crippen LogP contribution in [0.15, 0.2) is 76.1 Å². The van der Waals surface area contributed by atoms with Crippen molar-refractivity contribution in [3.8, 4) is 0 Å². The van der Waals surface area contributed by atoms with Gasteiger partial charge in [0.25, 0.3) is 5.91 Å². The minimum atomic E-state index is -3.72. The molecule has 8 nitrogen and oxygen atoms in total. The van der Waals surface area contributed by atoms with Gasteiger partial charge in [0.15, 0.2) is 0 Å². The van der Waals surface area contributed by atoms with Crippen LogP contribution in [0.25, 0.3) is 0 Å².